The van der Waals surface area contributed by atoms with E-state index in [4.69, 9.17) is 9.84 Å². The molecule has 1 aliphatic rings. The molecule has 0 saturated carbocycles. The number of carboxylic acids is 1. The van der Waals surface area contributed by atoms with Crippen molar-refractivity contribution in [1.82, 2.24) is 9.88 Å². The number of carboxylic acid groups (broad SMARTS) is 1. The van der Waals surface area contributed by atoms with Crippen molar-refractivity contribution in [2.24, 2.45) is 0 Å². The highest BCUT2D eigenvalue weighted by Crippen LogP contribution is 2.19. The first-order valence-electron chi connectivity index (χ1n) is 6.92. The SMILES string of the molecule is O=C(O)[C@@H]1CN(C(=O)c2cc(=O)[nH]c3ccc(F)cc23)CCO1. The van der Waals surface area contributed by atoms with E-state index in [1.54, 1.807) is 0 Å². The predicted octanol–water partition coefficient (Wildman–Crippen LogP) is 0.593. The maximum Gasteiger partial charge on any atom is 0.334 e. The first-order valence-corrected chi connectivity index (χ1v) is 6.92. The van der Waals surface area contributed by atoms with E-state index in [1.165, 1.54) is 17.0 Å². The molecule has 2 aromatic rings. The highest BCUT2D eigenvalue weighted by molar-refractivity contribution is 6.06. The summed E-state index contributed by atoms with van der Waals surface area (Å²) in [6, 6.07) is 4.81. The second-order valence-corrected chi connectivity index (χ2v) is 5.19. The highest BCUT2D eigenvalue weighted by atomic mass is 19.1. The first kappa shape index (κ1) is 15.2. The molecule has 8 heteroatoms. The lowest BCUT2D eigenvalue weighted by Gasteiger charge is -2.31. The van der Waals surface area contributed by atoms with Gasteiger partial charge in [0.15, 0.2) is 6.10 Å². The molecule has 1 fully saturated rings. The minimum Gasteiger partial charge on any atom is -0.479 e. The Kier molecular flexibility index (Phi) is 3.83. The Morgan fingerprint density at radius 1 is 1.35 bits per heavy atom. The van der Waals surface area contributed by atoms with Gasteiger partial charge in [-0.25, -0.2) is 9.18 Å². The topological polar surface area (TPSA) is 99.7 Å². The van der Waals surface area contributed by atoms with Crippen LogP contribution < -0.4 is 5.56 Å². The van der Waals surface area contributed by atoms with Gasteiger partial charge in [-0.15, -0.1) is 0 Å². The molecular weight excluding hydrogens is 307 g/mol. The van der Waals surface area contributed by atoms with Gasteiger partial charge in [-0.1, -0.05) is 0 Å². The van der Waals surface area contributed by atoms with Gasteiger partial charge >= 0.3 is 5.97 Å². The van der Waals surface area contributed by atoms with E-state index in [1.807, 2.05) is 0 Å². The van der Waals surface area contributed by atoms with Crippen molar-refractivity contribution in [2.45, 2.75) is 6.10 Å². The van der Waals surface area contributed by atoms with E-state index in [0.717, 1.165) is 12.1 Å². The van der Waals surface area contributed by atoms with Gasteiger partial charge in [0.2, 0.25) is 5.56 Å². The van der Waals surface area contributed by atoms with Crippen molar-refractivity contribution in [2.75, 3.05) is 19.7 Å². The molecule has 2 N–H and O–H groups in total. The van der Waals surface area contributed by atoms with Crippen LogP contribution >= 0.6 is 0 Å². The molecule has 0 spiro atoms. The molecule has 1 saturated heterocycles. The number of aromatic nitrogens is 1. The number of ether oxygens (including phenoxy) is 1. The molecule has 1 atom stereocenters. The van der Waals surface area contributed by atoms with Crippen molar-refractivity contribution in [3.63, 3.8) is 0 Å². The number of aliphatic carboxylic acids is 1. The van der Waals surface area contributed by atoms with Crippen LogP contribution in [-0.4, -0.2) is 52.7 Å². The zero-order chi connectivity index (χ0) is 16.6. The van der Waals surface area contributed by atoms with Gasteiger partial charge in [0.05, 0.1) is 18.7 Å². The molecule has 3 rings (SSSR count). The van der Waals surface area contributed by atoms with Gasteiger partial charge in [0.1, 0.15) is 5.82 Å². The summed E-state index contributed by atoms with van der Waals surface area (Å²) in [5.74, 6) is -2.23. The molecule has 0 radical (unpaired) electrons. The number of fused-ring (bicyclic) bond motifs is 1. The van der Waals surface area contributed by atoms with Gasteiger partial charge < -0.3 is 19.7 Å². The van der Waals surface area contributed by atoms with Gasteiger partial charge in [0.25, 0.3) is 5.91 Å². The summed E-state index contributed by atoms with van der Waals surface area (Å²) in [6.45, 7) is 0.155. The lowest BCUT2D eigenvalue weighted by molar-refractivity contribution is -0.154. The van der Waals surface area contributed by atoms with E-state index in [2.05, 4.69) is 4.98 Å². The fraction of sp³-hybridized carbons (Fsp3) is 0.267. The zero-order valence-corrected chi connectivity index (χ0v) is 11.9. The van der Waals surface area contributed by atoms with Crippen molar-refractivity contribution in [1.29, 1.82) is 0 Å². The van der Waals surface area contributed by atoms with Crippen molar-refractivity contribution in [3.05, 3.63) is 46.0 Å². The second kappa shape index (κ2) is 5.81. The zero-order valence-electron chi connectivity index (χ0n) is 11.9. The van der Waals surface area contributed by atoms with Crippen LogP contribution in [0.2, 0.25) is 0 Å². The number of carbonyl (C=O) groups excluding carboxylic acids is 1. The van der Waals surface area contributed by atoms with Crippen LogP contribution in [0, 0.1) is 5.82 Å². The minimum absolute atomic E-state index is 0.0364. The normalized spacial score (nSPS) is 18.1. The molecule has 7 nitrogen and oxygen atoms in total. The number of aromatic amines is 1. The second-order valence-electron chi connectivity index (χ2n) is 5.19. The maximum absolute atomic E-state index is 13.5. The number of rotatable bonds is 2. The van der Waals surface area contributed by atoms with Crippen molar-refractivity contribution >= 4 is 22.8 Å². The lowest BCUT2D eigenvalue weighted by Crippen LogP contribution is -2.48. The Hall–Kier alpha value is -2.74. The number of nitrogens with one attached hydrogen (secondary N) is 1. The summed E-state index contributed by atoms with van der Waals surface area (Å²) >= 11 is 0. The number of morpholine rings is 1. The Bertz CT molecular complexity index is 847. The first-order chi connectivity index (χ1) is 11.0. The molecular formula is C15H13FN2O5. The van der Waals surface area contributed by atoms with Crippen LogP contribution in [0.3, 0.4) is 0 Å². The molecule has 1 aromatic heterocycles. The summed E-state index contributed by atoms with van der Waals surface area (Å²) in [5, 5.41) is 9.26. The monoisotopic (exact) mass is 320 g/mol. The van der Waals surface area contributed by atoms with Crippen LogP contribution in [0.4, 0.5) is 4.39 Å². The number of benzene rings is 1. The van der Waals surface area contributed by atoms with Gasteiger partial charge in [-0.3, -0.25) is 9.59 Å². The number of pyridine rings is 1. The van der Waals surface area contributed by atoms with E-state index in [-0.39, 0.29) is 30.6 Å². The van der Waals surface area contributed by atoms with Gasteiger partial charge in [-0.05, 0) is 18.2 Å². The number of nitrogens with zero attached hydrogens (tertiary/aromatic N) is 1. The predicted molar refractivity (Wildman–Crippen MR) is 77.8 cm³/mol. The Morgan fingerprint density at radius 3 is 2.87 bits per heavy atom. The van der Waals surface area contributed by atoms with Crippen LogP contribution in [-0.2, 0) is 9.53 Å². The van der Waals surface area contributed by atoms with Crippen LogP contribution in [0.25, 0.3) is 10.9 Å². The van der Waals surface area contributed by atoms with Gasteiger partial charge in [-0.2, -0.15) is 0 Å². The molecule has 0 aliphatic carbocycles. The number of H-pyrrole nitrogens is 1. The summed E-state index contributed by atoms with van der Waals surface area (Å²) in [5.41, 5.74) is -0.116. The molecule has 1 aliphatic heterocycles. The Balaban J connectivity index is 2.02. The fourth-order valence-corrected chi connectivity index (χ4v) is 2.56. The molecule has 1 aromatic carbocycles. The largest absolute Gasteiger partial charge is 0.479 e. The average molecular weight is 320 g/mol. The lowest BCUT2D eigenvalue weighted by atomic mass is 10.1. The molecule has 0 bridgehead atoms. The Morgan fingerprint density at radius 2 is 2.13 bits per heavy atom. The smallest absolute Gasteiger partial charge is 0.334 e. The molecule has 120 valence electrons. The van der Waals surface area contributed by atoms with E-state index >= 15 is 0 Å². The third-order valence-electron chi connectivity index (χ3n) is 3.66. The van der Waals surface area contributed by atoms with E-state index in [9.17, 15) is 18.8 Å². The summed E-state index contributed by atoms with van der Waals surface area (Å²) in [4.78, 5) is 39.2. The van der Waals surface area contributed by atoms with E-state index < -0.39 is 29.4 Å². The molecule has 2 heterocycles. The quantitative estimate of drug-likeness (QED) is 0.844. The number of amides is 1. The van der Waals surface area contributed by atoms with Crippen molar-refractivity contribution < 1.29 is 23.8 Å². The van der Waals surface area contributed by atoms with Crippen LogP contribution in [0.5, 0.6) is 0 Å². The third-order valence-corrected chi connectivity index (χ3v) is 3.66. The van der Waals surface area contributed by atoms with Crippen molar-refractivity contribution in [3.8, 4) is 0 Å². The average Bonchev–Trinajstić information content (AvgIpc) is 2.54. The fourth-order valence-electron chi connectivity index (χ4n) is 2.56. The maximum atomic E-state index is 13.5. The number of carbonyl (C=O) groups is 2. The molecule has 23 heavy (non-hydrogen) atoms. The minimum atomic E-state index is -1.16. The number of halogens is 1. The molecule has 1 amide bonds. The number of hydrogen-bond donors (Lipinski definition) is 2. The third kappa shape index (κ3) is 2.93. The van der Waals surface area contributed by atoms with E-state index in [0.29, 0.717) is 5.52 Å². The summed E-state index contributed by atoms with van der Waals surface area (Å²) < 4.78 is 18.5. The summed E-state index contributed by atoms with van der Waals surface area (Å²) in [6.07, 6.45) is -1.11. The summed E-state index contributed by atoms with van der Waals surface area (Å²) in [7, 11) is 0. The highest BCUT2D eigenvalue weighted by Gasteiger charge is 2.30. The Labute approximate surface area is 129 Å². The van der Waals surface area contributed by atoms with Crippen LogP contribution in [0.15, 0.2) is 29.1 Å². The van der Waals surface area contributed by atoms with Gasteiger partial charge in [0, 0.05) is 23.5 Å². The number of hydrogen-bond acceptors (Lipinski definition) is 4. The van der Waals surface area contributed by atoms with Crippen LogP contribution in [0.1, 0.15) is 10.4 Å². The molecule has 0 unspecified atom stereocenters. The standard InChI is InChI=1S/C15H13FN2O5/c16-8-1-2-11-9(5-8)10(6-13(19)17-11)14(20)18-3-4-23-12(7-18)15(21)22/h1-2,5-6,12H,3-4,7H2,(H,17,19)(H,21,22)/t12-/m0/s1.